The first-order valence-electron chi connectivity index (χ1n) is 5.12. The minimum atomic E-state index is -0.639. The zero-order chi connectivity index (χ0) is 12.3. The van der Waals surface area contributed by atoms with Gasteiger partial charge in [0.15, 0.2) is 0 Å². The second-order valence-corrected chi connectivity index (χ2v) is 5.33. The fourth-order valence-electron chi connectivity index (χ4n) is 1.49. The highest BCUT2D eigenvalue weighted by molar-refractivity contribution is 7.16. The molecular weight excluding hydrogens is 258 g/mol. The van der Waals surface area contributed by atoms with Crippen LogP contribution in [0, 0.1) is 0 Å². The first-order chi connectivity index (χ1) is 8.19. The van der Waals surface area contributed by atoms with Gasteiger partial charge in [-0.1, -0.05) is 17.7 Å². The normalized spacial score (nSPS) is 12.4. The molecule has 1 atom stereocenters. The summed E-state index contributed by atoms with van der Waals surface area (Å²) in [6.07, 6.45) is -0.128. The zero-order valence-electron chi connectivity index (χ0n) is 9.26. The molecule has 0 spiro atoms. The van der Waals surface area contributed by atoms with Crippen molar-refractivity contribution >= 4 is 22.9 Å². The second-order valence-electron chi connectivity index (χ2n) is 3.53. The molecule has 2 aromatic rings. The van der Waals surface area contributed by atoms with Crippen LogP contribution in [0.25, 0.3) is 0 Å². The van der Waals surface area contributed by atoms with Crippen molar-refractivity contribution in [1.29, 1.82) is 0 Å². The van der Waals surface area contributed by atoms with Crippen molar-refractivity contribution in [1.82, 2.24) is 4.98 Å². The van der Waals surface area contributed by atoms with E-state index in [0.29, 0.717) is 18.0 Å². The lowest BCUT2D eigenvalue weighted by Crippen LogP contribution is -2.03. The van der Waals surface area contributed by atoms with Crippen LogP contribution in [0.3, 0.4) is 0 Å². The topological polar surface area (TPSA) is 42.4 Å². The van der Waals surface area contributed by atoms with Crippen LogP contribution in [-0.2, 0) is 6.42 Å². The Morgan fingerprint density at radius 2 is 2.24 bits per heavy atom. The molecule has 1 unspecified atom stereocenters. The number of nitrogens with zero attached hydrogens (tertiary/aromatic N) is 1. The van der Waals surface area contributed by atoms with Crippen LogP contribution in [0.2, 0.25) is 4.34 Å². The monoisotopic (exact) mass is 269 g/mol. The summed E-state index contributed by atoms with van der Waals surface area (Å²) in [5.41, 5.74) is 0.605. The highest BCUT2D eigenvalue weighted by Gasteiger charge is 2.12. The van der Waals surface area contributed by atoms with Gasteiger partial charge in [0, 0.05) is 17.4 Å². The van der Waals surface area contributed by atoms with Crippen LogP contribution in [0.5, 0.6) is 5.88 Å². The summed E-state index contributed by atoms with van der Waals surface area (Å²) in [6.45, 7) is 0. The average Bonchev–Trinajstić information content (AvgIpc) is 2.75. The molecule has 0 aliphatic rings. The maximum absolute atomic E-state index is 10.0. The average molecular weight is 270 g/mol. The molecule has 0 saturated carbocycles. The standard InChI is InChI=1S/C12H12ClNO2S/c1-16-12-4-2-3-9(14-12)10(15)7-8-5-6-11(13)17-8/h2-6,10,15H,7H2,1H3. The minimum absolute atomic E-state index is 0.505. The molecule has 0 aliphatic heterocycles. The molecule has 2 aromatic heterocycles. The number of aliphatic hydroxyl groups excluding tert-OH is 1. The second kappa shape index (κ2) is 5.49. The molecule has 5 heteroatoms. The third-order valence-electron chi connectivity index (χ3n) is 2.32. The fraction of sp³-hybridized carbons (Fsp3) is 0.250. The van der Waals surface area contributed by atoms with Gasteiger partial charge in [-0.15, -0.1) is 11.3 Å². The van der Waals surface area contributed by atoms with Gasteiger partial charge in [0.1, 0.15) is 6.10 Å². The quantitative estimate of drug-likeness (QED) is 0.928. The molecular formula is C12H12ClNO2S. The molecule has 1 N–H and O–H groups in total. The van der Waals surface area contributed by atoms with E-state index < -0.39 is 6.10 Å². The molecule has 0 fully saturated rings. The Morgan fingerprint density at radius 3 is 2.88 bits per heavy atom. The van der Waals surface area contributed by atoms with E-state index in [1.165, 1.54) is 11.3 Å². The SMILES string of the molecule is COc1cccc(C(O)Cc2ccc(Cl)s2)n1. The third kappa shape index (κ3) is 3.19. The van der Waals surface area contributed by atoms with E-state index in [0.717, 1.165) is 9.21 Å². The lowest BCUT2D eigenvalue weighted by molar-refractivity contribution is 0.173. The third-order valence-corrected chi connectivity index (χ3v) is 3.57. The van der Waals surface area contributed by atoms with Gasteiger partial charge in [-0.3, -0.25) is 0 Å². The van der Waals surface area contributed by atoms with Gasteiger partial charge in [0.05, 0.1) is 17.1 Å². The highest BCUT2D eigenvalue weighted by atomic mass is 35.5. The van der Waals surface area contributed by atoms with Crippen molar-refractivity contribution in [3.8, 4) is 5.88 Å². The summed E-state index contributed by atoms with van der Waals surface area (Å²) >= 11 is 7.31. The summed E-state index contributed by atoms with van der Waals surface area (Å²) in [6, 6.07) is 9.08. The molecule has 3 nitrogen and oxygen atoms in total. The summed E-state index contributed by atoms with van der Waals surface area (Å²) in [4.78, 5) is 5.23. The predicted octanol–water partition coefficient (Wildman–Crippen LogP) is 3.08. The van der Waals surface area contributed by atoms with E-state index in [4.69, 9.17) is 16.3 Å². The van der Waals surface area contributed by atoms with Crippen LogP contribution in [0.4, 0.5) is 0 Å². The molecule has 90 valence electrons. The van der Waals surface area contributed by atoms with Crippen molar-refractivity contribution in [2.45, 2.75) is 12.5 Å². The van der Waals surface area contributed by atoms with Gasteiger partial charge in [-0.2, -0.15) is 0 Å². The number of ether oxygens (including phenoxy) is 1. The lowest BCUT2D eigenvalue weighted by atomic mass is 10.1. The van der Waals surface area contributed by atoms with E-state index in [1.807, 2.05) is 18.2 Å². The van der Waals surface area contributed by atoms with Crippen molar-refractivity contribution in [2.24, 2.45) is 0 Å². The molecule has 2 heterocycles. The summed E-state index contributed by atoms with van der Waals surface area (Å²) in [5.74, 6) is 0.505. The zero-order valence-corrected chi connectivity index (χ0v) is 10.8. The molecule has 2 rings (SSSR count). The minimum Gasteiger partial charge on any atom is -0.481 e. The number of aromatic nitrogens is 1. The Hall–Kier alpha value is -1.10. The maximum atomic E-state index is 10.0. The predicted molar refractivity (Wildman–Crippen MR) is 68.8 cm³/mol. The molecule has 0 aliphatic carbocycles. The molecule has 0 bridgehead atoms. The van der Waals surface area contributed by atoms with E-state index in [2.05, 4.69) is 4.98 Å². The molecule has 0 aromatic carbocycles. The number of pyridine rings is 1. The number of rotatable bonds is 4. The number of halogens is 1. The smallest absolute Gasteiger partial charge is 0.213 e. The van der Waals surface area contributed by atoms with E-state index in [-0.39, 0.29) is 0 Å². The van der Waals surface area contributed by atoms with Crippen LogP contribution >= 0.6 is 22.9 Å². The molecule has 17 heavy (non-hydrogen) atoms. The first kappa shape index (κ1) is 12.4. The van der Waals surface area contributed by atoms with E-state index >= 15 is 0 Å². The Bertz CT molecular complexity index is 501. The van der Waals surface area contributed by atoms with Crippen molar-refractivity contribution in [3.05, 3.63) is 45.2 Å². The van der Waals surface area contributed by atoms with Gasteiger partial charge in [-0.25, -0.2) is 4.98 Å². The molecule has 0 radical (unpaired) electrons. The van der Waals surface area contributed by atoms with Crippen molar-refractivity contribution in [3.63, 3.8) is 0 Å². The van der Waals surface area contributed by atoms with E-state index in [1.54, 1.807) is 19.2 Å². The van der Waals surface area contributed by atoms with E-state index in [9.17, 15) is 5.11 Å². The molecule has 0 saturated heterocycles. The van der Waals surface area contributed by atoms with Gasteiger partial charge in [0.2, 0.25) is 5.88 Å². The van der Waals surface area contributed by atoms with Gasteiger partial charge < -0.3 is 9.84 Å². The maximum Gasteiger partial charge on any atom is 0.213 e. The number of thiophene rings is 1. The Labute approximate surface area is 109 Å². The van der Waals surface area contributed by atoms with Crippen LogP contribution in [-0.4, -0.2) is 17.2 Å². The van der Waals surface area contributed by atoms with Crippen LogP contribution in [0.15, 0.2) is 30.3 Å². The van der Waals surface area contributed by atoms with Crippen molar-refractivity contribution < 1.29 is 9.84 Å². The Morgan fingerprint density at radius 1 is 1.41 bits per heavy atom. The number of methoxy groups -OCH3 is 1. The van der Waals surface area contributed by atoms with Gasteiger partial charge >= 0.3 is 0 Å². The number of hydrogen-bond donors (Lipinski definition) is 1. The van der Waals surface area contributed by atoms with Crippen LogP contribution in [0.1, 0.15) is 16.7 Å². The molecule has 0 amide bonds. The lowest BCUT2D eigenvalue weighted by Gasteiger charge is -2.09. The number of hydrogen-bond acceptors (Lipinski definition) is 4. The summed E-state index contributed by atoms with van der Waals surface area (Å²) < 4.78 is 5.75. The van der Waals surface area contributed by atoms with Crippen LogP contribution < -0.4 is 4.74 Å². The van der Waals surface area contributed by atoms with Crippen molar-refractivity contribution in [2.75, 3.05) is 7.11 Å². The number of aliphatic hydroxyl groups is 1. The highest BCUT2D eigenvalue weighted by Crippen LogP contribution is 2.26. The Kier molecular flexibility index (Phi) is 3.99. The fourth-order valence-corrected chi connectivity index (χ4v) is 2.61. The Balaban J connectivity index is 2.11. The van der Waals surface area contributed by atoms with Gasteiger partial charge in [0.25, 0.3) is 0 Å². The first-order valence-corrected chi connectivity index (χ1v) is 6.31. The largest absolute Gasteiger partial charge is 0.481 e. The summed E-state index contributed by atoms with van der Waals surface area (Å²) in [7, 11) is 1.55. The summed E-state index contributed by atoms with van der Waals surface area (Å²) in [5, 5.41) is 10.0. The van der Waals surface area contributed by atoms with Gasteiger partial charge in [-0.05, 0) is 18.2 Å².